The zero-order valence-corrected chi connectivity index (χ0v) is 11.1. The van der Waals surface area contributed by atoms with Crippen molar-refractivity contribution in [1.29, 1.82) is 0 Å². The van der Waals surface area contributed by atoms with Crippen molar-refractivity contribution < 1.29 is 19.3 Å². The number of carbonyl (C=O) groups is 1. The highest BCUT2D eigenvalue weighted by Crippen LogP contribution is 2.27. The number of nitro benzene ring substituents is 1. The molecule has 2 rings (SSSR count). The standard InChI is InChI=1S/C12H12N4O5/c1-7-9(13-3-2-11-14-6-21-15-11)4-8(12(17)18)5-10(7)16(19)20/h4-6,13H,2-3H2,1H3,(H,17,18). The van der Waals surface area contributed by atoms with Crippen LogP contribution in [0.4, 0.5) is 11.4 Å². The third-order valence-corrected chi connectivity index (χ3v) is 2.89. The van der Waals surface area contributed by atoms with Crippen LogP contribution in [-0.4, -0.2) is 32.7 Å². The Labute approximate surface area is 118 Å². The molecule has 0 radical (unpaired) electrons. The van der Waals surface area contributed by atoms with Crippen molar-refractivity contribution in [1.82, 2.24) is 10.1 Å². The Hall–Kier alpha value is -2.97. The van der Waals surface area contributed by atoms with Gasteiger partial charge in [0.05, 0.1) is 10.5 Å². The van der Waals surface area contributed by atoms with Crippen LogP contribution in [-0.2, 0) is 6.42 Å². The van der Waals surface area contributed by atoms with Gasteiger partial charge in [-0.2, -0.15) is 4.98 Å². The molecule has 110 valence electrons. The lowest BCUT2D eigenvalue weighted by Gasteiger charge is -2.10. The smallest absolute Gasteiger partial charge is 0.336 e. The topological polar surface area (TPSA) is 131 Å². The van der Waals surface area contributed by atoms with E-state index in [1.54, 1.807) is 6.92 Å². The minimum absolute atomic E-state index is 0.144. The summed E-state index contributed by atoms with van der Waals surface area (Å²) < 4.78 is 4.59. The first-order chi connectivity index (χ1) is 9.99. The number of nitro groups is 1. The summed E-state index contributed by atoms with van der Waals surface area (Å²) in [5.74, 6) is -0.733. The lowest BCUT2D eigenvalue weighted by molar-refractivity contribution is -0.385. The van der Waals surface area contributed by atoms with E-state index in [2.05, 4.69) is 20.0 Å². The van der Waals surface area contributed by atoms with Crippen molar-refractivity contribution >= 4 is 17.3 Å². The number of aromatic carboxylic acids is 1. The predicted molar refractivity (Wildman–Crippen MR) is 71.3 cm³/mol. The quantitative estimate of drug-likeness (QED) is 0.606. The molecule has 0 aliphatic carbocycles. The van der Waals surface area contributed by atoms with Crippen molar-refractivity contribution in [3.63, 3.8) is 0 Å². The molecule has 0 aliphatic rings. The van der Waals surface area contributed by atoms with Gasteiger partial charge in [0.1, 0.15) is 0 Å². The van der Waals surface area contributed by atoms with Crippen molar-refractivity contribution in [2.24, 2.45) is 0 Å². The van der Waals surface area contributed by atoms with Gasteiger partial charge in [0.25, 0.3) is 5.69 Å². The number of benzene rings is 1. The van der Waals surface area contributed by atoms with E-state index in [9.17, 15) is 14.9 Å². The lowest BCUT2D eigenvalue weighted by Crippen LogP contribution is -2.09. The normalized spacial score (nSPS) is 10.3. The third kappa shape index (κ3) is 3.32. The van der Waals surface area contributed by atoms with Crippen LogP contribution in [0.5, 0.6) is 0 Å². The van der Waals surface area contributed by atoms with Crippen LogP contribution >= 0.6 is 0 Å². The molecule has 0 unspecified atom stereocenters. The molecule has 0 bridgehead atoms. The van der Waals surface area contributed by atoms with Gasteiger partial charge in [0.15, 0.2) is 5.82 Å². The molecule has 0 atom stereocenters. The van der Waals surface area contributed by atoms with E-state index in [1.807, 2.05) is 0 Å². The number of hydrogen-bond acceptors (Lipinski definition) is 7. The molecular formula is C12H12N4O5. The fourth-order valence-corrected chi connectivity index (χ4v) is 1.81. The van der Waals surface area contributed by atoms with Crippen LogP contribution in [0.1, 0.15) is 21.7 Å². The van der Waals surface area contributed by atoms with Gasteiger partial charge in [-0.1, -0.05) is 5.16 Å². The van der Waals surface area contributed by atoms with Gasteiger partial charge >= 0.3 is 5.97 Å². The molecule has 0 spiro atoms. The molecule has 1 heterocycles. The van der Waals surface area contributed by atoms with Gasteiger partial charge in [-0.05, 0) is 13.0 Å². The van der Waals surface area contributed by atoms with Gasteiger partial charge in [-0.3, -0.25) is 10.1 Å². The number of carboxylic acids is 1. The first kappa shape index (κ1) is 14.4. The first-order valence-electron chi connectivity index (χ1n) is 6.00. The van der Waals surface area contributed by atoms with Crippen LogP contribution in [0, 0.1) is 17.0 Å². The molecule has 2 aromatic rings. The molecule has 21 heavy (non-hydrogen) atoms. The SMILES string of the molecule is Cc1c(NCCc2ncon2)cc(C(=O)O)cc1[N+](=O)[O-]. The lowest BCUT2D eigenvalue weighted by atomic mass is 10.1. The summed E-state index contributed by atoms with van der Waals surface area (Å²) in [6.45, 7) is 1.95. The highest BCUT2D eigenvalue weighted by molar-refractivity contribution is 5.90. The molecule has 9 nitrogen and oxygen atoms in total. The summed E-state index contributed by atoms with van der Waals surface area (Å²) in [5, 5.41) is 26.5. The highest BCUT2D eigenvalue weighted by Gasteiger charge is 2.18. The number of rotatable bonds is 6. The Kier molecular flexibility index (Phi) is 4.12. The molecule has 0 saturated heterocycles. The molecule has 0 amide bonds. The molecule has 0 fully saturated rings. The average molecular weight is 292 g/mol. The Morgan fingerprint density at radius 2 is 2.29 bits per heavy atom. The van der Waals surface area contributed by atoms with Gasteiger partial charge in [0.2, 0.25) is 6.39 Å². The molecular weight excluding hydrogens is 280 g/mol. The Bertz CT molecular complexity index is 669. The van der Waals surface area contributed by atoms with E-state index in [1.165, 1.54) is 12.5 Å². The van der Waals surface area contributed by atoms with Crippen molar-refractivity contribution in [3.8, 4) is 0 Å². The molecule has 0 saturated carbocycles. The zero-order chi connectivity index (χ0) is 15.4. The van der Waals surface area contributed by atoms with Gasteiger partial charge in [0, 0.05) is 30.3 Å². The Morgan fingerprint density at radius 3 is 2.86 bits per heavy atom. The van der Waals surface area contributed by atoms with Crippen LogP contribution in [0.2, 0.25) is 0 Å². The number of hydrogen-bond donors (Lipinski definition) is 2. The summed E-state index contributed by atoms with van der Waals surface area (Å²) in [6.07, 6.45) is 1.65. The van der Waals surface area contributed by atoms with E-state index >= 15 is 0 Å². The summed E-state index contributed by atoms with van der Waals surface area (Å²) in [6, 6.07) is 2.41. The highest BCUT2D eigenvalue weighted by atomic mass is 16.6. The van der Waals surface area contributed by atoms with E-state index in [-0.39, 0.29) is 11.3 Å². The fraction of sp³-hybridized carbons (Fsp3) is 0.250. The molecule has 1 aromatic heterocycles. The summed E-state index contributed by atoms with van der Waals surface area (Å²) >= 11 is 0. The number of carboxylic acid groups (broad SMARTS) is 1. The summed E-state index contributed by atoms with van der Waals surface area (Å²) in [7, 11) is 0. The Morgan fingerprint density at radius 1 is 1.52 bits per heavy atom. The van der Waals surface area contributed by atoms with Gasteiger partial charge < -0.3 is 14.9 Å². The van der Waals surface area contributed by atoms with Gasteiger partial charge in [-0.15, -0.1) is 0 Å². The Balaban J connectivity index is 2.20. The second-order valence-corrected chi connectivity index (χ2v) is 4.25. The van der Waals surface area contributed by atoms with Crippen LogP contribution in [0.15, 0.2) is 23.0 Å². The second kappa shape index (κ2) is 5.99. The van der Waals surface area contributed by atoms with E-state index in [0.29, 0.717) is 30.0 Å². The predicted octanol–water partition coefficient (Wildman–Crippen LogP) is 1.64. The number of aromatic nitrogens is 2. The minimum atomic E-state index is -1.22. The van der Waals surface area contributed by atoms with Crippen molar-refractivity contribution in [2.75, 3.05) is 11.9 Å². The maximum Gasteiger partial charge on any atom is 0.336 e. The fourth-order valence-electron chi connectivity index (χ4n) is 1.81. The number of anilines is 1. The second-order valence-electron chi connectivity index (χ2n) is 4.25. The summed E-state index contributed by atoms with van der Waals surface area (Å²) in [4.78, 5) is 25.2. The minimum Gasteiger partial charge on any atom is -0.478 e. The van der Waals surface area contributed by atoms with E-state index in [4.69, 9.17) is 5.11 Å². The molecule has 9 heteroatoms. The maximum atomic E-state index is 11.0. The van der Waals surface area contributed by atoms with Crippen molar-refractivity contribution in [3.05, 3.63) is 45.6 Å². The third-order valence-electron chi connectivity index (χ3n) is 2.89. The van der Waals surface area contributed by atoms with Crippen LogP contribution in [0.3, 0.4) is 0 Å². The molecule has 0 aliphatic heterocycles. The van der Waals surface area contributed by atoms with E-state index < -0.39 is 10.9 Å². The molecule has 1 aromatic carbocycles. The number of nitrogens with zero attached hydrogens (tertiary/aromatic N) is 3. The van der Waals surface area contributed by atoms with Crippen LogP contribution in [0.25, 0.3) is 0 Å². The average Bonchev–Trinajstić information content (AvgIpc) is 2.93. The largest absolute Gasteiger partial charge is 0.478 e. The van der Waals surface area contributed by atoms with Gasteiger partial charge in [-0.25, -0.2) is 4.79 Å². The molecule has 2 N–H and O–H groups in total. The first-order valence-corrected chi connectivity index (χ1v) is 6.00. The van der Waals surface area contributed by atoms with Crippen molar-refractivity contribution in [2.45, 2.75) is 13.3 Å². The summed E-state index contributed by atoms with van der Waals surface area (Å²) in [5.41, 5.74) is 0.384. The maximum absolute atomic E-state index is 11.0. The zero-order valence-electron chi connectivity index (χ0n) is 11.1. The van der Waals surface area contributed by atoms with Crippen LogP contribution < -0.4 is 5.32 Å². The number of nitrogens with one attached hydrogen (secondary N) is 1. The monoisotopic (exact) mass is 292 g/mol. The van der Waals surface area contributed by atoms with E-state index in [0.717, 1.165) is 6.07 Å².